The van der Waals surface area contributed by atoms with E-state index in [-0.39, 0.29) is 29.6 Å². The van der Waals surface area contributed by atoms with E-state index < -0.39 is 17.6 Å². The van der Waals surface area contributed by atoms with Crippen LogP contribution in [-0.4, -0.2) is 28.3 Å². The molecule has 2 amide bonds. The first-order valence-corrected chi connectivity index (χ1v) is 8.98. The number of halogens is 2. The van der Waals surface area contributed by atoms with Crippen LogP contribution in [-0.2, 0) is 17.6 Å². The molecule has 0 radical (unpaired) electrons. The second kappa shape index (κ2) is 7.75. The highest BCUT2D eigenvalue weighted by Gasteiger charge is 2.34. The number of amides is 2. The molecule has 0 saturated carbocycles. The van der Waals surface area contributed by atoms with Gasteiger partial charge in [-0.2, -0.15) is 0 Å². The average molecular weight is 394 g/mol. The molecule has 2 aromatic carbocycles. The molecule has 1 aliphatic rings. The number of carbonyl (C=O) groups is 2. The Kier molecular flexibility index (Phi) is 4.99. The van der Waals surface area contributed by atoms with Crippen LogP contribution < -0.4 is 10.2 Å². The van der Waals surface area contributed by atoms with Gasteiger partial charge in [0.15, 0.2) is 0 Å². The number of aromatic nitrogens is 2. The van der Waals surface area contributed by atoms with Crippen LogP contribution in [0.3, 0.4) is 0 Å². The van der Waals surface area contributed by atoms with Crippen LogP contribution in [0.5, 0.6) is 0 Å². The van der Waals surface area contributed by atoms with Gasteiger partial charge in [0, 0.05) is 18.3 Å². The maximum atomic E-state index is 13.5. The maximum absolute atomic E-state index is 13.5. The molecule has 3 aromatic rings. The standard InChI is InChI=1S/C21H16F2N4O2/c22-15-4-1-3-13(9-15)7-8-24-21-25-12-14-10-18(28)27(20(29)19(14)26-21)17-6-2-5-16(23)11-17/h1-6,9,11-12H,7-8,10H2,(H,24,25,26). The summed E-state index contributed by atoms with van der Waals surface area (Å²) in [7, 11) is 0. The Balaban J connectivity index is 1.52. The van der Waals surface area contributed by atoms with Crippen LogP contribution in [0, 0.1) is 11.6 Å². The van der Waals surface area contributed by atoms with Gasteiger partial charge in [-0.15, -0.1) is 0 Å². The van der Waals surface area contributed by atoms with E-state index in [0.29, 0.717) is 18.5 Å². The lowest BCUT2D eigenvalue weighted by Gasteiger charge is -2.26. The molecule has 1 N–H and O–H groups in total. The summed E-state index contributed by atoms with van der Waals surface area (Å²) in [4.78, 5) is 34.6. The van der Waals surface area contributed by atoms with Gasteiger partial charge in [0.25, 0.3) is 5.91 Å². The maximum Gasteiger partial charge on any atom is 0.284 e. The molecule has 2 heterocycles. The molecule has 8 heteroatoms. The van der Waals surface area contributed by atoms with E-state index in [1.807, 2.05) is 6.07 Å². The Morgan fingerprint density at radius 2 is 1.79 bits per heavy atom. The van der Waals surface area contributed by atoms with Crippen LogP contribution in [0.1, 0.15) is 21.6 Å². The molecular weight excluding hydrogens is 378 g/mol. The van der Waals surface area contributed by atoms with Gasteiger partial charge in [0.1, 0.15) is 17.3 Å². The summed E-state index contributed by atoms with van der Waals surface area (Å²) in [6.07, 6.45) is 1.92. The van der Waals surface area contributed by atoms with Crippen molar-refractivity contribution >= 4 is 23.5 Å². The summed E-state index contributed by atoms with van der Waals surface area (Å²) in [6, 6.07) is 11.5. The van der Waals surface area contributed by atoms with Crippen molar-refractivity contribution in [2.24, 2.45) is 0 Å². The van der Waals surface area contributed by atoms with Crippen molar-refractivity contribution in [1.82, 2.24) is 9.97 Å². The first-order chi connectivity index (χ1) is 14.0. The van der Waals surface area contributed by atoms with Gasteiger partial charge in [0.2, 0.25) is 11.9 Å². The topological polar surface area (TPSA) is 75.2 Å². The molecule has 29 heavy (non-hydrogen) atoms. The summed E-state index contributed by atoms with van der Waals surface area (Å²) in [6.45, 7) is 0.434. The Morgan fingerprint density at radius 1 is 1.03 bits per heavy atom. The Morgan fingerprint density at radius 3 is 2.55 bits per heavy atom. The van der Waals surface area contributed by atoms with E-state index >= 15 is 0 Å². The van der Waals surface area contributed by atoms with Gasteiger partial charge in [-0.05, 0) is 42.3 Å². The monoisotopic (exact) mass is 394 g/mol. The zero-order valence-electron chi connectivity index (χ0n) is 15.2. The average Bonchev–Trinajstić information content (AvgIpc) is 2.69. The van der Waals surface area contributed by atoms with Crippen molar-refractivity contribution in [3.63, 3.8) is 0 Å². The largest absolute Gasteiger partial charge is 0.354 e. The van der Waals surface area contributed by atoms with Crippen LogP contribution in [0.25, 0.3) is 0 Å². The lowest BCUT2D eigenvalue weighted by atomic mass is 10.0. The molecule has 0 bridgehead atoms. The fourth-order valence-electron chi connectivity index (χ4n) is 3.16. The lowest BCUT2D eigenvalue weighted by molar-refractivity contribution is -0.117. The number of hydrogen-bond donors (Lipinski definition) is 1. The molecule has 0 fully saturated rings. The molecule has 4 rings (SSSR count). The second-order valence-corrected chi connectivity index (χ2v) is 6.57. The number of nitrogens with one attached hydrogen (secondary N) is 1. The van der Waals surface area contributed by atoms with E-state index in [1.54, 1.807) is 6.07 Å². The fourth-order valence-corrected chi connectivity index (χ4v) is 3.16. The zero-order chi connectivity index (χ0) is 20.4. The molecule has 6 nitrogen and oxygen atoms in total. The lowest BCUT2D eigenvalue weighted by Crippen LogP contribution is -2.43. The van der Waals surface area contributed by atoms with Crippen molar-refractivity contribution in [2.75, 3.05) is 16.8 Å². The number of hydrogen-bond acceptors (Lipinski definition) is 5. The van der Waals surface area contributed by atoms with Crippen molar-refractivity contribution in [3.05, 3.63) is 83.2 Å². The van der Waals surface area contributed by atoms with Gasteiger partial charge in [-0.3, -0.25) is 9.59 Å². The Labute approximate surface area is 165 Å². The fraction of sp³-hybridized carbons (Fsp3) is 0.143. The third kappa shape index (κ3) is 3.96. The zero-order valence-corrected chi connectivity index (χ0v) is 15.2. The summed E-state index contributed by atoms with van der Waals surface area (Å²) in [5.41, 5.74) is 1.49. The minimum atomic E-state index is -0.627. The quantitative estimate of drug-likeness (QED) is 0.673. The van der Waals surface area contributed by atoms with Crippen LogP contribution in [0.2, 0.25) is 0 Å². The molecule has 0 atom stereocenters. The number of imide groups is 1. The first kappa shape index (κ1) is 18.7. The summed E-state index contributed by atoms with van der Waals surface area (Å²) >= 11 is 0. The smallest absolute Gasteiger partial charge is 0.284 e. The third-order valence-corrected chi connectivity index (χ3v) is 4.51. The van der Waals surface area contributed by atoms with Gasteiger partial charge >= 0.3 is 0 Å². The molecule has 1 aliphatic heterocycles. The molecule has 1 aromatic heterocycles. The van der Waals surface area contributed by atoms with Gasteiger partial charge in [-0.25, -0.2) is 23.6 Å². The highest BCUT2D eigenvalue weighted by molar-refractivity contribution is 6.24. The first-order valence-electron chi connectivity index (χ1n) is 8.98. The molecule has 0 unspecified atom stereocenters. The number of benzene rings is 2. The highest BCUT2D eigenvalue weighted by atomic mass is 19.1. The van der Waals surface area contributed by atoms with Gasteiger partial charge < -0.3 is 5.32 Å². The summed E-state index contributed by atoms with van der Waals surface area (Å²) in [5.74, 6) is -1.72. The minimum Gasteiger partial charge on any atom is -0.354 e. The van der Waals surface area contributed by atoms with Crippen molar-refractivity contribution in [2.45, 2.75) is 12.8 Å². The third-order valence-electron chi connectivity index (χ3n) is 4.51. The van der Waals surface area contributed by atoms with E-state index in [9.17, 15) is 18.4 Å². The van der Waals surface area contributed by atoms with Crippen LogP contribution in [0.15, 0.2) is 54.7 Å². The number of carbonyl (C=O) groups excluding carboxylic acids is 2. The van der Waals surface area contributed by atoms with E-state index in [2.05, 4.69) is 15.3 Å². The summed E-state index contributed by atoms with van der Waals surface area (Å²) in [5, 5.41) is 3.00. The second-order valence-electron chi connectivity index (χ2n) is 6.57. The van der Waals surface area contributed by atoms with Crippen LogP contribution in [0.4, 0.5) is 20.4 Å². The molecule has 0 aliphatic carbocycles. The van der Waals surface area contributed by atoms with Gasteiger partial charge in [0.05, 0.1) is 12.1 Å². The predicted octanol–water partition coefficient (Wildman–Crippen LogP) is 3.14. The normalized spacial score (nSPS) is 13.4. The number of anilines is 2. The van der Waals surface area contributed by atoms with Crippen molar-refractivity contribution in [3.8, 4) is 0 Å². The molecule has 0 spiro atoms. The van der Waals surface area contributed by atoms with E-state index in [0.717, 1.165) is 16.5 Å². The summed E-state index contributed by atoms with van der Waals surface area (Å²) < 4.78 is 26.8. The number of nitrogens with zero attached hydrogens (tertiary/aromatic N) is 3. The number of rotatable bonds is 5. The van der Waals surface area contributed by atoms with Crippen LogP contribution >= 0.6 is 0 Å². The van der Waals surface area contributed by atoms with Gasteiger partial charge in [-0.1, -0.05) is 18.2 Å². The minimum absolute atomic E-state index is 0.0544. The van der Waals surface area contributed by atoms with E-state index in [4.69, 9.17) is 0 Å². The molecular formula is C21H16F2N4O2. The predicted molar refractivity (Wildman–Crippen MR) is 103 cm³/mol. The molecule has 146 valence electrons. The SMILES string of the molecule is O=C1Cc2cnc(NCCc3cccc(F)c3)nc2C(=O)N1c1cccc(F)c1. The van der Waals surface area contributed by atoms with E-state index in [1.165, 1.54) is 36.5 Å². The molecule has 0 saturated heterocycles. The Hall–Kier alpha value is -3.68. The number of fused-ring (bicyclic) bond motifs is 1. The highest BCUT2D eigenvalue weighted by Crippen LogP contribution is 2.25. The van der Waals surface area contributed by atoms with Crippen molar-refractivity contribution in [1.29, 1.82) is 0 Å². The Bertz CT molecular complexity index is 1100. The van der Waals surface area contributed by atoms with Crippen molar-refractivity contribution < 1.29 is 18.4 Å².